The van der Waals surface area contributed by atoms with Crippen molar-refractivity contribution in [3.8, 4) is 0 Å². The Bertz CT molecular complexity index is 688. The molecule has 0 fully saturated rings. The van der Waals surface area contributed by atoms with Crippen LogP contribution in [0.15, 0.2) is 34.8 Å². The number of aryl methyl sites for hydroxylation is 1. The van der Waals surface area contributed by atoms with Crippen LogP contribution in [0.1, 0.15) is 15.9 Å². The summed E-state index contributed by atoms with van der Waals surface area (Å²) in [6.45, 7) is 1.41. The van der Waals surface area contributed by atoms with Gasteiger partial charge in [0.1, 0.15) is 17.5 Å². The maximum Gasteiger partial charge on any atom is 0.258 e. The summed E-state index contributed by atoms with van der Waals surface area (Å²) in [6, 6.07) is 5.75. The molecule has 0 aliphatic rings. The van der Waals surface area contributed by atoms with Crippen LogP contribution >= 0.6 is 15.9 Å². The van der Waals surface area contributed by atoms with E-state index in [0.717, 1.165) is 6.07 Å². The standard InChI is InChI=1S/C14H9BrF3NO/c1-7-4-9(11(17)6-10(7)16)14(20)19-13-3-2-8(15)5-12(13)18/h2-6H,1H3,(H,19,20). The van der Waals surface area contributed by atoms with Gasteiger partial charge in [0.2, 0.25) is 0 Å². The zero-order valence-corrected chi connectivity index (χ0v) is 11.9. The molecule has 20 heavy (non-hydrogen) atoms. The first kappa shape index (κ1) is 14.6. The third-order valence-corrected chi connectivity index (χ3v) is 3.17. The van der Waals surface area contributed by atoms with Crippen LogP contribution in [-0.4, -0.2) is 5.91 Å². The van der Waals surface area contributed by atoms with Gasteiger partial charge >= 0.3 is 0 Å². The molecule has 0 spiro atoms. The quantitative estimate of drug-likeness (QED) is 0.858. The van der Waals surface area contributed by atoms with Crippen LogP contribution < -0.4 is 5.32 Å². The molecule has 0 radical (unpaired) electrons. The number of amides is 1. The molecule has 0 saturated heterocycles. The lowest BCUT2D eigenvalue weighted by Crippen LogP contribution is -2.15. The number of halogens is 4. The number of carbonyl (C=O) groups is 1. The van der Waals surface area contributed by atoms with Gasteiger partial charge in [0.25, 0.3) is 5.91 Å². The normalized spacial score (nSPS) is 10.4. The van der Waals surface area contributed by atoms with Gasteiger partial charge in [0, 0.05) is 10.5 Å². The molecule has 104 valence electrons. The largest absolute Gasteiger partial charge is 0.319 e. The van der Waals surface area contributed by atoms with Gasteiger partial charge in [-0.2, -0.15) is 0 Å². The Hall–Kier alpha value is -1.82. The van der Waals surface area contributed by atoms with Gasteiger partial charge < -0.3 is 5.32 Å². The van der Waals surface area contributed by atoms with E-state index in [9.17, 15) is 18.0 Å². The highest BCUT2D eigenvalue weighted by molar-refractivity contribution is 9.10. The lowest BCUT2D eigenvalue weighted by Gasteiger charge is -2.08. The fourth-order valence-corrected chi connectivity index (χ4v) is 1.94. The lowest BCUT2D eigenvalue weighted by molar-refractivity contribution is 0.102. The first-order valence-corrected chi connectivity index (χ1v) is 6.40. The SMILES string of the molecule is Cc1cc(C(=O)Nc2ccc(Br)cc2F)c(F)cc1F. The molecule has 1 N–H and O–H groups in total. The zero-order valence-electron chi connectivity index (χ0n) is 10.3. The maximum absolute atomic E-state index is 13.6. The monoisotopic (exact) mass is 343 g/mol. The third-order valence-electron chi connectivity index (χ3n) is 2.67. The molecule has 0 bridgehead atoms. The summed E-state index contributed by atoms with van der Waals surface area (Å²) in [7, 11) is 0. The van der Waals surface area contributed by atoms with Gasteiger partial charge in [-0.15, -0.1) is 0 Å². The highest BCUT2D eigenvalue weighted by atomic mass is 79.9. The summed E-state index contributed by atoms with van der Waals surface area (Å²) in [5, 5.41) is 2.24. The van der Waals surface area contributed by atoms with Crippen LogP contribution in [-0.2, 0) is 0 Å². The Kier molecular flexibility index (Phi) is 4.13. The molecule has 0 aliphatic heterocycles. The number of anilines is 1. The summed E-state index contributed by atoms with van der Waals surface area (Å²) >= 11 is 3.08. The van der Waals surface area contributed by atoms with Crippen molar-refractivity contribution >= 4 is 27.5 Å². The molecular weight excluding hydrogens is 335 g/mol. The second-order valence-electron chi connectivity index (χ2n) is 4.16. The predicted molar refractivity (Wildman–Crippen MR) is 73.1 cm³/mol. The molecule has 2 nitrogen and oxygen atoms in total. The molecule has 0 aromatic heterocycles. The van der Waals surface area contributed by atoms with Crippen molar-refractivity contribution in [1.29, 1.82) is 0 Å². The third kappa shape index (κ3) is 3.01. The van der Waals surface area contributed by atoms with Gasteiger partial charge in [-0.3, -0.25) is 4.79 Å². The van der Waals surface area contributed by atoms with E-state index < -0.39 is 23.4 Å². The highest BCUT2D eigenvalue weighted by Gasteiger charge is 2.16. The number of carbonyl (C=O) groups excluding carboxylic acids is 1. The summed E-state index contributed by atoms with van der Waals surface area (Å²) in [5.41, 5.74) is -0.293. The van der Waals surface area contributed by atoms with Crippen molar-refractivity contribution in [2.45, 2.75) is 6.92 Å². The fourth-order valence-electron chi connectivity index (χ4n) is 1.61. The summed E-state index contributed by atoms with van der Waals surface area (Å²) < 4.78 is 40.8. The van der Waals surface area contributed by atoms with Crippen LogP contribution in [0.4, 0.5) is 18.9 Å². The van der Waals surface area contributed by atoms with Gasteiger partial charge in [0.05, 0.1) is 11.3 Å². The van der Waals surface area contributed by atoms with Crippen LogP contribution in [0.5, 0.6) is 0 Å². The Morgan fingerprint density at radius 3 is 2.40 bits per heavy atom. The molecule has 2 rings (SSSR count). The molecule has 0 atom stereocenters. The Morgan fingerprint density at radius 1 is 1.05 bits per heavy atom. The first-order valence-electron chi connectivity index (χ1n) is 5.60. The highest BCUT2D eigenvalue weighted by Crippen LogP contribution is 2.21. The van der Waals surface area contributed by atoms with E-state index in [-0.39, 0.29) is 16.8 Å². The molecule has 0 unspecified atom stereocenters. The van der Waals surface area contributed by atoms with E-state index in [2.05, 4.69) is 21.2 Å². The summed E-state index contributed by atoms with van der Waals surface area (Å²) in [5.74, 6) is -3.24. The van der Waals surface area contributed by atoms with Crippen LogP contribution in [0.3, 0.4) is 0 Å². The van der Waals surface area contributed by atoms with Crippen molar-refractivity contribution in [3.05, 3.63) is 63.4 Å². The topological polar surface area (TPSA) is 29.1 Å². The van der Waals surface area contributed by atoms with Gasteiger partial charge in [0.15, 0.2) is 0 Å². The molecular formula is C14H9BrF3NO. The van der Waals surface area contributed by atoms with E-state index in [4.69, 9.17) is 0 Å². The predicted octanol–water partition coefficient (Wildman–Crippen LogP) is 4.43. The fraction of sp³-hybridized carbons (Fsp3) is 0.0714. The smallest absolute Gasteiger partial charge is 0.258 e. The van der Waals surface area contributed by atoms with Crippen molar-refractivity contribution in [1.82, 2.24) is 0 Å². The Labute approximate surface area is 121 Å². The first-order chi connectivity index (χ1) is 9.38. The minimum atomic E-state index is -0.997. The van der Waals surface area contributed by atoms with E-state index >= 15 is 0 Å². The van der Waals surface area contributed by atoms with Gasteiger partial charge in [-0.1, -0.05) is 15.9 Å². The number of hydrogen-bond acceptors (Lipinski definition) is 1. The van der Waals surface area contributed by atoms with Gasteiger partial charge in [-0.25, -0.2) is 13.2 Å². The minimum Gasteiger partial charge on any atom is -0.319 e. The van der Waals surface area contributed by atoms with E-state index in [1.165, 1.54) is 25.1 Å². The molecule has 2 aromatic carbocycles. The molecule has 2 aromatic rings. The summed E-state index contributed by atoms with van der Waals surface area (Å²) in [4.78, 5) is 11.9. The van der Waals surface area contributed by atoms with Crippen molar-refractivity contribution in [2.75, 3.05) is 5.32 Å². The average Bonchev–Trinajstić information content (AvgIpc) is 2.37. The van der Waals surface area contributed by atoms with Crippen molar-refractivity contribution in [2.24, 2.45) is 0 Å². The molecule has 1 amide bonds. The van der Waals surface area contributed by atoms with Crippen molar-refractivity contribution in [3.63, 3.8) is 0 Å². The molecule has 6 heteroatoms. The number of nitrogens with one attached hydrogen (secondary N) is 1. The van der Waals surface area contributed by atoms with Crippen molar-refractivity contribution < 1.29 is 18.0 Å². The zero-order chi connectivity index (χ0) is 14.9. The maximum atomic E-state index is 13.6. The molecule has 0 heterocycles. The van der Waals surface area contributed by atoms with E-state index in [0.29, 0.717) is 10.5 Å². The van der Waals surface area contributed by atoms with Gasteiger partial charge in [-0.05, 0) is 36.8 Å². The van der Waals surface area contributed by atoms with E-state index in [1.54, 1.807) is 0 Å². The Balaban J connectivity index is 2.31. The van der Waals surface area contributed by atoms with Crippen LogP contribution in [0.25, 0.3) is 0 Å². The second kappa shape index (κ2) is 5.66. The van der Waals surface area contributed by atoms with E-state index in [1.807, 2.05) is 0 Å². The summed E-state index contributed by atoms with van der Waals surface area (Å²) in [6.07, 6.45) is 0. The molecule has 0 aliphatic carbocycles. The van der Waals surface area contributed by atoms with Crippen LogP contribution in [0.2, 0.25) is 0 Å². The number of hydrogen-bond donors (Lipinski definition) is 1. The average molecular weight is 344 g/mol. The van der Waals surface area contributed by atoms with Crippen LogP contribution in [0, 0.1) is 24.4 Å². The minimum absolute atomic E-state index is 0.0837. The number of benzene rings is 2. The second-order valence-corrected chi connectivity index (χ2v) is 5.08. The molecule has 0 saturated carbocycles. The Morgan fingerprint density at radius 2 is 1.75 bits per heavy atom. The number of rotatable bonds is 2. The lowest BCUT2D eigenvalue weighted by atomic mass is 10.1.